The Balaban J connectivity index is 1.56. The van der Waals surface area contributed by atoms with Crippen LogP contribution in [0.5, 0.6) is 5.75 Å². The number of ether oxygens (including phenoxy) is 1. The summed E-state index contributed by atoms with van der Waals surface area (Å²) >= 11 is 0. The third-order valence-electron chi connectivity index (χ3n) is 5.64. The van der Waals surface area contributed by atoms with Gasteiger partial charge in [-0.05, 0) is 37.1 Å². The number of imidazole rings is 1. The van der Waals surface area contributed by atoms with Gasteiger partial charge in [-0.3, -0.25) is 4.40 Å². The summed E-state index contributed by atoms with van der Waals surface area (Å²) in [5.74, 6) is 0.951. The molecule has 5 rings (SSSR count). The number of nitriles is 1. The van der Waals surface area contributed by atoms with Gasteiger partial charge in [0.15, 0.2) is 11.3 Å². The van der Waals surface area contributed by atoms with Crippen molar-refractivity contribution in [3.05, 3.63) is 76.5 Å². The molecule has 1 aliphatic heterocycles. The number of halogens is 1. The van der Waals surface area contributed by atoms with Crippen molar-refractivity contribution in [3.8, 4) is 22.9 Å². The molecule has 0 fully saturated rings. The first-order valence-electron chi connectivity index (χ1n) is 10.1. The van der Waals surface area contributed by atoms with E-state index in [-0.39, 0.29) is 12.4 Å². The van der Waals surface area contributed by atoms with Crippen LogP contribution in [-0.4, -0.2) is 21.0 Å². The fourth-order valence-corrected chi connectivity index (χ4v) is 4.14. The lowest BCUT2D eigenvalue weighted by Gasteiger charge is -2.14. The van der Waals surface area contributed by atoms with Crippen LogP contribution in [0.1, 0.15) is 27.9 Å². The van der Waals surface area contributed by atoms with Crippen LogP contribution in [0, 0.1) is 31.0 Å². The van der Waals surface area contributed by atoms with E-state index in [4.69, 9.17) is 4.74 Å². The number of nitrogens with one attached hydrogen (secondary N) is 1. The van der Waals surface area contributed by atoms with Gasteiger partial charge < -0.3 is 10.1 Å². The maximum Gasteiger partial charge on any atom is 0.208 e. The second-order valence-electron chi connectivity index (χ2n) is 7.70. The van der Waals surface area contributed by atoms with Crippen LogP contribution in [-0.2, 0) is 13.0 Å². The summed E-state index contributed by atoms with van der Waals surface area (Å²) in [6.07, 6.45) is 4.08. The molecule has 0 amide bonds. The van der Waals surface area contributed by atoms with Crippen LogP contribution in [0.25, 0.3) is 16.8 Å². The molecule has 0 radical (unpaired) electrons. The number of hydrogen-bond acceptors (Lipinski definition) is 5. The Morgan fingerprint density at radius 2 is 2.10 bits per heavy atom. The maximum atomic E-state index is 14.5. The minimum absolute atomic E-state index is 0.253. The zero-order valence-corrected chi connectivity index (χ0v) is 17.2. The highest BCUT2D eigenvalue weighted by molar-refractivity contribution is 5.80. The highest BCUT2D eigenvalue weighted by atomic mass is 19.1. The summed E-state index contributed by atoms with van der Waals surface area (Å²) in [5.41, 5.74) is 6.51. The number of rotatable bonds is 4. The standard InChI is InChI=1S/C24H20FN5O/c1-14-3-4-17(15(2)9-14)20-12-28-24(30-13-16(10-26)29-23(20)30)27-11-19-18-7-8-31-22(18)6-5-21(19)25/h3-6,9,12-13H,7-8,11H2,1-2H3,(H,27,28). The third kappa shape index (κ3) is 3.26. The molecule has 0 spiro atoms. The van der Waals surface area contributed by atoms with Crippen LogP contribution in [0.3, 0.4) is 0 Å². The zero-order valence-electron chi connectivity index (χ0n) is 17.2. The summed E-state index contributed by atoms with van der Waals surface area (Å²) in [6.45, 7) is 4.90. The van der Waals surface area contributed by atoms with Crippen molar-refractivity contribution in [2.45, 2.75) is 26.8 Å². The molecule has 4 aromatic rings. The van der Waals surface area contributed by atoms with Gasteiger partial charge in [-0.2, -0.15) is 5.26 Å². The minimum atomic E-state index is -0.275. The molecule has 0 aliphatic carbocycles. The first-order chi connectivity index (χ1) is 15.0. The van der Waals surface area contributed by atoms with Gasteiger partial charge in [0.1, 0.15) is 17.6 Å². The van der Waals surface area contributed by atoms with E-state index >= 15 is 0 Å². The highest BCUT2D eigenvalue weighted by Gasteiger charge is 2.20. The molecule has 7 heteroatoms. The van der Waals surface area contributed by atoms with Crippen LogP contribution < -0.4 is 10.1 Å². The molecular formula is C24H20FN5O. The minimum Gasteiger partial charge on any atom is -0.493 e. The van der Waals surface area contributed by atoms with E-state index in [2.05, 4.69) is 27.4 Å². The number of hydrogen-bond donors (Lipinski definition) is 1. The first-order valence-corrected chi connectivity index (χ1v) is 10.1. The molecule has 154 valence electrons. The fraction of sp³-hybridized carbons (Fsp3) is 0.208. The molecular weight excluding hydrogens is 393 g/mol. The molecule has 0 atom stereocenters. The lowest BCUT2D eigenvalue weighted by molar-refractivity contribution is 0.356. The van der Waals surface area contributed by atoms with Gasteiger partial charge in [0.2, 0.25) is 5.95 Å². The second-order valence-corrected chi connectivity index (χ2v) is 7.70. The Kier molecular flexibility index (Phi) is 4.55. The number of aromatic nitrogens is 3. The number of benzene rings is 2. The Morgan fingerprint density at radius 1 is 1.23 bits per heavy atom. The fourth-order valence-electron chi connectivity index (χ4n) is 4.14. The monoisotopic (exact) mass is 413 g/mol. The van der Waals surface area contributed by atoms with Crippen molar-refractivity contribution in [2.75, 3.05) is 11.9 Å². The van der Waals surface area contributed by atoms with Crippen molar-refractivity contribution in [1.29, 1.82) is 5.26 Å². The molecule has 0 unspecified atom stereocenters. The first kappa shape index (κ1) is 19.1. The predicted octanol–water partition coefficient (Wildman–Crippen LogP) is 4.57. The second kappa shape index (κ2) is 7.40. The largest absolute Gasteiger partial charge is 0.493 e. The molecule has 1 aliphatic rings. The molecule has 0 saturated heterocycles. The smallest absolute Gasteiger partial charge is 0.208 e. The van der Waals surface area contributed by atoms with Gasteiger partial charge in [0.05, 0.1) is 12.8 Å². The van der Waals surface area contributed by atoms with Gasteiger partial charge in [-0.15, -0.1) is 0 Å². The Bertz CT molecular complexity index is 1370. The van der Waals surface area contributed by atoms with Crippen molar-refractivity contribution in [1.82, 2.24) is 14.4 Å². The number of aryl methyl sites for hydroxylation is 2. The summed E-state index contributed by atoms with van der Waals surface area (Å²) in [5, 5.41) is 12.6. The van der Waals surface area contributed by atoms with Crippen molar-refractivity contribution in [3.63, 3.8) is 0 Å². The maximum absolute atomic E-state index is 14.5. The molecule has 31 heavy (non-hydrogen) atoms. The zero-order chi connectivity index (χ0) is 21.5. The Morgan fingerprint density at radius 3 is 2.90 bits per heavy atom. The van der Waals surface area contributed by atoms with E-state index in [9.17, 15) is 9.65 Å². The molecule has 2 aromatic heterocycles. The van der Waals surface area contributed by atoms with Gasteiger partial charge >= 0.3 is 0 Å². The SMILES string of the molecule is Cc1ccc(-c2cnc(NCc3c(F)ccc4c3CCO4)n3cc(C#N)nc23)c(C)c1. The van der Waals surface area contributed by atoms with Crippen molar-refractivity contribution in [2.24, 2.45) is 0 Å². The molecule has 0 bridgehead atoms. The van der Waals surface area contributed by atoms with Gasteiger partial charge in [-0.25, -0.2) is 14.4 Å². The number of fused-ring (bicyclic) bond motifs is 2. The van der Waals surface area contributed by atoms with Crippen molar-refractivity contribution >= 4 is 11.6 Å². The van der Waals surface area contributed by atoms with Gasteiger partial charge in [0.25, 0.3) is 0 Å². The van der Waals surface area contributed by atoms with Gasteiger partial charge in [0, 0.05) is 35.9 Å². The van der Waals surface area contributed by atoms with E-state index in [1.54, 1.807) is 22.9 Å². The molecule has 0 saturated carbocycles. The highest BCUT2D eigenvalue weighted by Crippen LogP contribution is 2.32. The summed E-state index contributed by atoms with van der Waals surface area (Å²) in [7, 11) is 0. The molecule has 6 nitrogen and oxygen atoms in total. The van der Waals surface area contributed by atoms with Crippen LogP contribution >= 0.6 is 0 Å². The normalized spacial score (nSPS) is 12.5. The third-order valence-corrected chi connectivity index (χ3v) is 5.64. The van der Waals surface area contributed by atoms with E-state index in [0.29, 0.717) is 35.9 Å². The summed E-state index contributed by atoms with van der Waals surface area (Å²) in [6, 6.07) is 11.4. The summed E-state index contributed by atoms with van der Waals surface area (Å²) in [4.78, 5) is 9.07. The molecule has 3 heterocycles. The lowest BCUT2D eigenvalue weighted by atomic mass is 10.0. The predicted molar refractivity (Wildman–Crippen MR) is 116 cm³/mol. The molecule has 1 N–H and O–H groups in total. The average Bonchev–Trinajstić information content (AvgIpc) is 3.40. The van der Waals surface area contributed by atoms with Crippen LogP contribution in [0.2, 0.25) is 0 Å². The average molecular weight is 413 g/mol. The van der Waals surface area contributed by atoms with E-state index in [1.165, 1.54) is 11.6 Å². The van der Waals surface area contributed by atoms with Crippen LogP contribution in [0.4, 0.5) is 10.3 Å². The Hall–Kier alpha value is -3.92. The lowest BCUT2D eigenvalue weighted by Crippen LogP contribution is -2.09. The van der Waals surface area contributed by atoms with E-state index < -0.39 is 0 Å². The van der Waals surface area contributed by atoms with Crippen molar-refractivity contribution < 1.29 is 9.13 Å². The van der Waals surface area contributed by atoms with Gasteiger partial charge in [-0.1, -0.05) is 23.8 Å². The molecule has 2 aromatic carbocycles. The Labute approximate surface area is 179 Å². The topological polar surface area (TPSA) is 75.2 Å². The van der Waals surface area contributed by atoms with E-state index in [1.807, 2.05) is 26.0 Å². The quantitative estimate of drug-likeness (QED) is 0.530. The van der Waals surface area contributed by atoms with E-state index in [0.717, 1.165) is 28.0 Å². The summed E-state index contributed by atoms with van der Waals surface area (Å²) < 4.78 is 21.8. The number of anilines is 1. The number of nitrogens with zero attached hydrogens (tertiary/aromatic N) is 4. The van der Waals surface area contributed by atoms with Crippen LogP contribution in [0.15, 0.2) is 42.7 Å².